The Balaban J connectivity index is 1.36. The average molecular weight is 369 g/mol. The summed E-state index contributed by atoms with van der Waals surface area (Å²) in [6.07, 6.45) is 3.62. The number of hydrogen-bond donors (Lipinski definition) is 1. The molecule has 2 aliphatic heterocycles. The zero-order valence-corrected chi connectivity index (χ0v) is 15.3. The zero-order valence-electron chi connectivity index (χ0n) is 15.3. The van der Waals surface area contributed by atoms with Gasteiger partial charge in [0, 0.05) is 37.8 Å². The van der Waals surface area contributed by atoms with Gasteiger partial charge in [0.25, 0.3) is 0 Å². The molecule has 1 N–H and O–H groups in total. The van der Waals surface area contributed by atoms with Crippen LogP contribution >= 0.6 is 0 Å². The van der Waals surface area contributed by atoms with Gasteiger partial charge in [0.05, 0.1) is 12.8 Å². The van der Waals surface area contributed by atoms with E-state index in [1.807, 2.05) is 36.4 Å². The van der Waals surface area contributed by atoms with Crippen molar-refractivity contribution in [3.05, 3.63) is 42.7 Å². The van der Waals surface area contributed by atoms with E-state index in [4.69, 9.17) is 9.15 Å². The lowest BCUT2D eigenvalue weighted by molar-refractivity contribution is 0.0454. The average Bonchev–Trinajstić information content (AvgIpc) is 3.22. The van der Waals surface area contributed by atoms with Gasteiger partial charge in [-0.15, -0.1) is 0 Å². The second kappa shape index (κ2) is 6.98. The molecule has 1 aromatic heterocycles. The van der Waals surface area contributed by atoms with E-state index in [1.165, 1.54) is 0 Å². The standard InChI is InChI=1S/C20H23N3O4/c1-22-14-20(27-19(22)25)9-3-11-23(12-10-20)18(24)21-16-7-5-15(6-8-16)17-4-2-13-26-17/h2,4-8,13H,3,9-12,14H2,1H3,(H,21,24)/t20-/m0/s1. The number of rotatable bonds is 2. The van der Waals surface area contributed by atoms with Gasteiger partial charge in [0.1, 0.15) is 11.4 Å². The maximum Gasteiger partial charge on any atom is 0.410 e. The molecular weight excluding hydrogens is 346 g/mol. The van der Waals surface area contributed by atoms with Gasteiger partial charge in [-0.25, -0.2) is 9.59 Å². The summed E-state index contributed by atoms with van der Waals surface area (Å²) in [5.74, 6) is 0.793. The van der Waals surface area contributed by atoms with Crippen LogP contribution in [0.15, 0.2) is 47.1 Å². The van der Waals surface area contributed by atoms with Crippen LogP contribution < -0.4 is 5.32 Å². The van der Waals surface area contributed by atoms with Crippen molar-refractivity contribution in [2.75, 3.05) is 32.0 Å². The number of hydrogen-bond acceptors (Lipinski definition) is 4. The second-order valence-electron chi connectivity index (χ2n) is 7.23. The topological polar surface area (TPSA) is 75.0 Å². The Kier molecular flexibility index (Phi) is 4.51. The summed E-state index contributed by atoms with van der Waals surface area (Å²) in [6.45, 7) is 1.81. The summed E-state index contributed by atoms with van der Waals surface area (Å²) in [4.78, 5) is 27.8. The minimum absolute atomic E-state index is 0.129. The maximum absolute atomic E-state index is 12.6. The van der Waals surface area contributed by atoms with Gasteiger partial charge in [-0.2, -0.15) is 0 Å². The summed E-state index contributed by atoms with van der Waals surface area (Å²) < 4.78 is 11.0. The normalized spacial score (nSPS) is 22.6. The highest BCUT2D eigenvalue weighted by Crippen LogP contribution is 2.32. The number of furan rings is 1. The third-order valence-electron chi connectivity index (χ3n) is 5.27. The van der Waals surface area contributed by atoms with Gasteiger partial charge < -0.3 is 24.3 Å². The lowest BCUT2D eigenvalue weighted by atomic mass is 9.95. The molecule has 3 heterocycles. The molecule has 1 atom stereocenters. The molecule has 2 aromatic rings. The van der Waals surface area contributed by atoms with Crippen LogP contribution in [0.5, 0.6) is 0 Å². The Labute approximate surface area is 157 Å². The summed E-state index contributed by atoms with van der Waals surface area (Å²) in [7, 11) is 1.75. The molecule has 7 nitrogen and oxygen atoms in total. The van der Waals surface area contributed by atoms with E-state index in [9.17, 15) is 9.59 Å². The van der Waals surface area contributed by atoms with Crippen molar-refractivity contribution in [1.82, 2.24) is 9.80 Å². The highest BCUT2D eigenvalue weighted by molar-refractivity contribution is 5.89. The molecule has 0 radical (unpaired) electrons. The molecule has 7 heteroatoms. The first-order chi connectivity index (χ1) is 13.0. The molecule has 3 amide bonds. The largest absolute Gasteiger partial charge is 0.464 e. The van der Waals surface area contributed by atoms with Crippen LogP contribution in [-0.2, 0) is 4.74 Å². The minimum Gasteiger partial charge on any atom is -0.464 e. The number of carbonyl (C=O) groups is 2. The fraction of sp³-hybridized carbons (Fsp3) is 0.400. The molecule has 0 saturated carbocycles. The number of anilines is 1. The number of likely N-dealkylation sites (tertiary alicyclic amines) is 1. The lowest BCUT2D eigenvalue weighted by Gasteiger charge is -2.25. The van der Waals surface area contributed by atoms with E-state index < -0.39 is 5.60 Å². The molecule has 2 fully saturated rings. The van der Waals surface area contributed by atoms with Crippen LogP contribution in [0.1, 0.15) is 19.3 Å². The van der Waals surface area contributed by atoms with Crippen molar-refractivity contribution >= 4 is 17.8 Å². The summed E-state index contributed by atoms with van der Waals surface area (Å²) >= 11 is 0. The Bertz CT molecular complexity index is 818. The Hall–Kier alpha value is -2.96. The molecule has 4 rings (SSSR count). The van der Waals surface area contributed by atoms with Crippen molar-refractivity contribution < 1.29 is 18.7 Å². The Morgan fingerprint density at radius 3 is 2.63 bits per heavy atom. The van der Waals surface area contributed by atoms with E-state index in [1.54, 1.807) is 23.1 Å². The van der Waals surface area contributed by atoms with Crippen LogP contribution in [0.4, 0.5) is 15.3 Å². The van der Waals surface area contributed by atoms with Gasteiger partial charge in [-0.1, -0.05) is 0 Å². The fourth-order valence-electron chi connectivity index (χ4n) is 3.79. The van der Waals surface area contributed by atoms with Crippen LogP contribution in [0.25, 0.3) is 11.3 Å². The number of likely N-dealkylation sites (N-methyl/N-ethyl adjacent to an activating group) is 1. The summed E-state index contributed by atoms with van der Waals surface area (Å²) in [6, 6.07) is 11.2. The van der Waals surface area contributed by atoms with E-state index in [0.717, 1.165) is 29.9 Å². The highest BCUT2D eigenvalue weighted by Gasteiger charge is 2.44. The number of nitrogens with zero attached hydrogens (tertiary/aromatic N) is 2. The van der Waals surface area contributed by atoms with Gasteiger partial charge in [-0.3, -0.25) is 0 Å². The fourth-order valence-corrected chi connectivity index (χ4v) is 3.79. The van der Waals surface area contributed by atoms with E-state index in [-0.39, 0.29) is 12.1 Å². The molecule has 0 aliphatic carbocycles. The molecule has 1 spiro atoms. The van der Waals surface area contributed by atoms with Crippen LogP contribution in [0, 0.1) is 0 Å². The number of carbonyl (C=O) groups excluding carboxylic acids is 2. The molecule has 0 unspecified atom stereocenters. The lowest BCUT2D eigenvalue weighted by Crippen LogP contribution is -2.38. The first-order valence-electron chi connectivity index (χ1n) is 9.19. The maximum atomic E-state index is 12.6. The zero-order chi connectivity index (χ0) is 18.9. The van der Waals surface area contributed by atoms with Gasteiger partial charge >= 0.3 is 12.1 Å². The monoisotopic (exact) mass is 369 g/mol. The van der Waals surface area contributed by atoms with Crippen molar-refractivity contribution in [2.24, 2.45) is 0 Å². The Morgan fingerprint density at radius 2 is 1.96 bits per heavy atom. The molecule has 0 bridgehead atoms. The van der Waals surface area contributed by atoms with E-state index >= 15 is 0 Å². The number of nitrogens with one attached hydrogen (secondary N) is 1. The van der Waals surface area contributed by atoms with Crippen LogP contribution in [0.2, 0.25) is 0 Å². The molecule has 2 saturated heterocycles. The molecule has 142 valence electrons. The quantitative estimate of drug-likeness (QED) is 0.874. The molecule has 27 heavy (non-hydrogen) atoms. The second-order valence-corrected chi connectivity index (χ2v) is 7.23. The molecule has 1 aromatic carbocycles. The molecule has 2 aliphatic rings. The molecular formula is C20H23N3O4. The summed E-state index contributed by atoms with van der Waals surface area (Å²) in [5, 5.41) is 2.95. The first-order valence-corrected chi connectivity index (χ1v) is 9.19. The highest BCUT2D eigenvalue weighted by atomic mass is 16.6. The Morgan fingerprint density at radius 1 is 1.15 bits per heavy atom. The third-order valence-corrected chi connectivity index (χ3v) is 5.27. The predicted molar refractivity (Wildman–Crippen MR) is 100 cm³/mol. The van der Waals surface area contributed by atoms with Crippen molar-refractivity contribution in [1.29, 1.82) is 0 Å². The van der Waals surface area contributed by atoms with Crippen molar-refractivity contribution in [2.45, 2.75) is 24.9 Å². The van der Waals surface area contributed by atoms with Crippen LogP contribution in [0.3, 0.4) is 0 Å². The van der Waals surface area contributed by atoms with Crippen molar-refractivity contribution in [3.63, 3.8) is 0 Å². The van der Waals surface area contributed by atoms with Gasteiger partial charge in [0.15, 0.2) is 0 Å². The number of benzene rings is 1. The predicted octanol–water partition coefficient (Wildman–Crippen LogP) is 3.79. The van der Waals surface area contributed by atoms with Gasteiger partial charge in [-0.05, 0) is 49.2 Å². The van der Waals surface area contributed by atoms with Crippen LogP contribution in [-0.4, -0.2) is 54.2 Å². The number of amides is 3. The summed E-state index contributed by atoms with van der Waals surface area (Å²) in [5.41, 5.74) is 1.24. The SMILES string of the molecule is CN1C[C@@]2(CCCN(C(=O)Nc3ccc(-c4ccco4)cc3)CC2)OC1=O. The smallest absolute Gasteiger partial charge is 0.410 e. The first kappa shape index (κ1) is 17.5. The van der Waals surface area contributed by atoms with Gasteiger partial charge in [0.2, 0.25) is 0 Å². The minimum atomic E-state index is -0.453. The van der Waals surface area contributed by atoms with Crippen molar-refractivity contribution in [3.8, 4) is 11.3 Å². The number of ether oxygens (including phenoxy) is 1. The van der Waals surface area contributed by atoms with E-state index in [0.29, 0.717) is 26.1 Å². The van der Waals surface area contributed by atoms with E-state index in [2.05, 4.69) is 5.32 Å². The number of urea groups is 1. The third kappa shape index (κ3) is 3.63.